The molecule has 2 atom stereocenters. The van der Waals surface area contributed by atoms with Crippen molar-refractivity contribution < 1.29 is 0 Å². The van der Waals surface area contributed by atoms with Crippen LogP contribution in [0.25, 0.3) is 0 Å². The Kier molecular flexibility index (Phi) is 7.48. The summed E-state index contributed by atoms with van der Waals surface area (Å²) in [6, 6.07) is 7.59. The molecule has 1 saturated carbocycles. The average Bonchev–Trinajstić information content (AvgIpc) is 3.16. The summed E-state index contributed by atoms with van der Waals surface area (Å²) in [5, 5.41) is 1.33. The van der Waals surface area contributed by atoms with E-state index in [1.54, 1.807) is 0 Å². The molecule has 1 saturated heterocycles. The largest absolute Gasteiger partial charge is 0.299 e. The van der Waals surface area contributed by atoms with Gasteiger partial charge in [0, 0.05) is 18.6 Å². The minimum absolute atomic E-state index is 0.650. The van der Waals surface area contributed by atoms with Crippen molar-refractivity contribution in [3.63, 3.8) is 0 Å². The lowest BCUT2D eigenvalue weighted by molar-refractivity contribution is 0.0607. The first kappa shape index (κ1) is 19.5. The predicted octanol–water partition coefficient (Wildman–Crippen LogP) is 5.65. The van der Waals surface area contributed by atoms with Crippen molar-refractivity contribution in [1.82, 2.24) is 9.80 Å². The second-order valence-corrected chi connectivity index (χ2v) is 8.51. The number of hydrogen-bond donors (Lipinski definition) is 0. The molecular weight excluding hydrogens is 351 g/mol. The quantitative estimate of drug-likeness (QED) is 0.600. The molecule has 0 N–H and O–H groups in total. The molecule has 1 aliphatic carbocycles. The highest BCUT2D eigenvalue weighted by Gasteiger charge is 2.34. The molecule has 1 aromatic carbocycles. The van der Waals surface area contributed by atoms with E-state index in [0.29, 0.717) is 10.0 Å². The van der Waals surface area contributed by atoms with E-state index in [4.69, 9.17) is 23.2 Å². The van der Waals surface area contributed by atoms with Crippen LogP contribution in [0.2, 0.25) is 10.0 Å². The third kappa shape index (κ3) is 5.13. The molecule has 0 radical (unpaired) electrons. The molecule has 25 heavy (non-hydrogen) atoms. The molecule has 3 rings (SSSR count). The van der Waals surface area contributed by atoms with Crippen molar-refractivity contribution in [2.24, 2.45) is 0 Å². The second kappa shape index (κ2) is 9.60. The summed E-state index contributed by atoms with van der Waals surface area (Å²) < 4.78 is 0. The van der Waals surface area contributed by atoms with E-state index in [2.05, 4.69) is 22.8 Å². The van der Waals surface area contributed by atoms with Gasteiger partial charge in [-0.15, -0.1) is 0 Å². The Morgan fingerprint density at radius 1 is 1.00 bits per heavy atom. The van der Waals surface area contributed by atoms with Crippen LogP contribution in [-0.2, 0) is 6.42 Å². The Balaban J connectivity index is 1.66. The number of benzene rings is 1. The fourth-order valence-electron chi connectivity index (χ4n) is 4.72. The fourth-order valence-corrected chi connectivity index (χ4v) is 5.04. The molecule has 0 bridgehead atoms. The van der Waals surface area contributed by atoms with Crippen LogP contribution in [0.4, 0.5) is 0 Å². The van der Waals surface area contributed by atoms with Crippen molar-refractivity contribution in [2.75, 3.05) is 26.2 Å². The molecule has 0 spiro atoms. The van der Waals surface area contributed by atoms with Gasteiger partial charge < -0.3 is 0 Å². The number of nitrogens with zero attached hydrogens (tertiary/aromatic N) is 2. The molecule has 2 aliphatic rings. The lowest BCUT2D eigenvalue weighted by Crippen LogP contribution is -2.53. The predicted molar refractivity (Wildman–Crippen MR) is 109 cm³/mol. The zero-order valence-electron chi connectivity index (χ0n) is 15.5. The lowest BCUT2D eigenvalue weighted by Gasteiger charge is -2.44. The van der Waals surface area contributed by atoms with Gasteiger partial charge in [-0.05, 0) is 75.9 Å². The van der Waals surface area contributed by atoms with Gasteiger partial charge in [-0.1, -0.05) is 49.0 Å². The fraction of sp³-hybridized carbons (Fsp3) is 0.714. The lowest BCUT2D eigenvalue weighted by atomic mass is 9.87. The van der Waals surface area contributed by atoms with E-state index >= 15 is 0 Å². The summed E-state index contributed by atoms with van der Waals surface area (Å²) >= 11 is 12.3. The maximum Gasteiger partial charge on any atom is 0.0595 e. The Hall–Kier alpha value is -0.280. The van der Waals surface area contributed by atoms with Crippen molar-refractivity contribution in [3.05, 3.63) is 33.8 Å². The van der Waals surface area contributed by atoms with Gasteiger partial charge in [0.25, 0.3) is 0 Å². The van der Waals surface area contributed by atoms with Crippen molar-refractivity contribution in [3.8, 4) is 0 Å². The van der Waals surface area contributed by atoms with Crippen LogP contribution in [0.5, 0.6) is 0 Å². The molecule has 1 heterocycles. The molecular formula is C21H32Cl2N2. The number of likely N-dealkylation sites (tertiary alicyclic amines) is 1. The summed E-state index contributed by atoms with van der Waals surface area (Å²) in [5.41, 5.74) is 1.30. The first-order valence-electron chi connectivity index (χ1n) is 10.1. The maximum absolute atomic E-state index is 6.20. The number of halogens is 2. The van der Waals surface area contributed by atoms with E-state index in [1.807, 2.05) is 12.1 Å². The van der Waals surface area contributed by atoms with Crippen LogP contribution in [-0.4, -0.2) is 48.1 Å². The molecule has 140 valence electrons. The summed E-state index contributed by atoms with van der Waals surface area (Å²) in [6.45, 7) is 7.26. The zero-order valence-corrected chi connectivity index (χ0v) is 17.0. The SMILES string of the molecule is CCCN(CCc1ccc(Cl)c(Cl)c1)[C@@H]1CCCC[C@@H]1N1CCCC1. The third-order valence-corrected chi connectivity index (χ3v) is 6.69. The van der Waals surface area contributed by atoms with Gasteiger partial charge in [-0.3, -0.25) is 9.80 Å². The molecule has 1 aromatic rings. The Bertz CT molecular complexity index is 543. The standard InChI is InChI=1S/C21H32Cl2N2/c1-2-12-24(15-11-17-9-10-18(22)19(23)16-17)20-7-3-4-8-21(20)25-13-5-6-14-25/h9-10,16,20-21H,2-8,11-15H2,1H3/t20-,21+/m1/s1. The zero-order chi connectivity index (χ0) is 17.6. The van der Waals surface area contributed by atoms with Gasteiger partial charge in [0.15, 0.2) is 0 Å². The molecule has 1 aliphatic heterocycles. The van der Waals surface area contributed by atoms with Crippen LogP contribution in [0.1, 0.15) is 57.4 Å². The monoisotopic (exact) mass is 382 g/mol. The van der Waals surface area contributed by atoms with Crippen molar-refractivity contribution in [1.29, 1.82) is 0 Å². The van der Waals surface area contributed by atoms with Crippen LogP contribution < -0.4 is 0 Å². The first-order valence-corrected chi connectivity index (χ1v) is 10.9. The number of rotatable bonds is 7. The molecule has 2 fully saturated rings. The highest BCUT2D eigenvalue weighted by molar-refractivity contribution is 6.42. The van der Waals surface area contributed by atoms with Gasteiger partial charge in [-0.25, -0.2) is 0 Å². The summed E-state index contributed by atoms with van der Waals surface area (Å²) in [5.74, 6) is 0. The van der Waals surface area contributed by atoms with Gasteiger partial charge in [0.1, 0.15) is 0 Å². The van der Waals surface area contributed by atoms with Crippen molar-refractivity contribution in [2.45, 2.75) is 70.4 Å². The second-order valence-electron chi connectivity index (χ2n) is 7.70. The highest BCUT2D eigenvalue weighted by Crippen LogP contribution is 2.30. The van der Waals surface area contributed by atoms with E-state index in [9.17, 15) is 0 Å². The number of hydrogen-bond acceptors (Lipinski definition) is 2. The van der Waals surface area contributed by atoms with Gasteiger partial charge >= 0.3 is 0 Å². The van der Waals surface area contributed by atoms with E-state index in [0.717, 1.165) is 25.0 Å². The maximum atomic E-state index is 6.20. The van der Waals surface area contributed by atoms with Crippen LogP contribution in [0.15, 0.2) is 18.2 Å². The molecule has 0 aromatic heterocycles. The summed E-state index contributed by atoms with van der Waals surface area (Å²) in [6.07, 6.45) is 10.6. The first-order chi connectivity index (χ1) is 12.2. The summed E-state index contributed by atoms with van der Waals surface area (Å²) in [7, 11) is 0. The average molecular weight is 383 g/mol. The summed E-state index contributed by atoms with van der Waals surface area (Å²) in [4.78, 5) is 5.55. The van der Waals surface area contributed by atoms with Gasteiger partial charge in [0.2, 0.25) is 0 Å². The molecule has 2 nitrogen and oxygen atoms in total. The van der Waals surface area contributed by atoms with Crippen molar-refractivity contribution >= 4 is 23.2 Å². The minimum atomic E-state index is 0.650. The Morgan fingerprint density at radius 3 is 2.48 bits per heavy atom. The minimum Gasteiger partial charge on any atom is -0.299 e. The topological polar surface area (TPSA) is 6.48 Å². The van der Waals surface area contributed by atoms with Gasteiger partial charge in [-0.2, -0.15) is 0 Å². The van der Waals surface area contributed by atoms with Crippen LogP contribution >= 0.6 is 23.2 Å². The molecule has 0 unspecified atom stereocenters. The highest BCUT2D eigenvalue weighted by atomic mass is 35.5. The van der Waals surface area contributed by atoms with E-state index in [-0.39, 0.29) is 0 Å². The normalized spacial score (nSPS) is 25.0. The van der Waals surface area contributed by atoms with Crippen LogP contribution in [0.3, 0.4) is 0 Å². The van der Waals surface area contributed by atoms with E-state index in [1.165, 1.54) is 70.1 Å². The third-order valence-electron chi connectivity index (χ3n) is 5.96. The molecule has 4 heteroatoms. The Morgan fingerprint density at radius 2 is 1.76 bits per heavy atom. The van der Waals surface area contributed by atoms with Gasteiger partial charge in [0.05, 0.1) is 10.0 Å². The smallest absolute Gasteiger partial charge is 0.0595 e. The molecule has 0 amide bonds. The van der Waals surface area contributed by atoms with Crippen LogP contribution in [0, 0.1) is 0 Å². The van der Waals surface area contributed by atoms with E-state index < -0.39 is 0 Å². The Labute approximate surface area is 163 Å².